The summed E-state index contributed by atoms with van der Waals surface area (Å²) in [6.45, 7) is 0. The van der Waals surface area contributed by atoms with E-state index < -0.39 is 0 Å². The zero-order valence-electron chi connectivity index (χ0n) is 1.80. The van der Waals surface area contributed by atoms with Gasteiger partial charge in [-0.2, -0.15) is 0 Å². The summed E-state index contributed by atoms with van der Waals surface area (Å²) in [5.74, 6) is 0. The minimum atomic E-state index is 1.21. The van der Waals surface area contributed by atoms with Crippen LogP contribution in [0.1, 0.15) is 0 Å². The molecule has 0 aromatic carbocycles. The van der Waals surface area contributed by atoms with Crippen molar-refractivity contribution >= 4 is 30.5 Å². The first-order chi connectivity index (χ1) is 1.91. The summed E-state index contributed by atoms with van der Waals surface area (Å²) in [6, 6.07) is 0. The Bertz CT molecular complexity index is 37.8. The SMILES string of the molecule is N#C[S][Sb]. The second-order valence-electron chi connectivity index (χ2n) is 0.183. The van der Waals surface area contributed by atoms with Gasteiger partial charge in [-0.3, -0.25) is 0 Å². The van der Waals surface area contributed by atoms with Crippen molar-refractivity contribution in [3.8, 4) is 5.40 Å². The molecule has 0 aliphatic carbocycles. The fourth-order valence-electron chi connectivity index (χ4n) is 0. The molecule has 0 aliphatic heterocycles. The number of hydrogen-bond donors (Lipinski definition) is 0. The molecule has 0 aromatic rings. The summed E-state index contributed by atoms with van der Waals surface area (Å²) < 4.78 is 0. The summed E-state index contributed by atoms with van der Waals surface area (Å²) in [5, 5.41) is 9.47. The van der Waals surface area contributed by atoms with E-state index >= 15 is 0 Å². The predicted molar refractivity (Wildman–Crippen MR) is 19.0 cm³/mol. The molecule has 0 N–H and O–H groups in total. The molecule has 0 rings (SSSR count). The molecule has 2 radical (unpaired) electrons. The van der Waals surface area contributed by atoms with Gasteiger partial charge in [-0.05, 0) is 0 Å². The molecule has 0 spiro atoms. The van der Waals surface area contributed by atoms with Gasteiger partial charge in [0.05, 0.1) is 0 Å². The van der Waals surface area contributed by atoms with Crippen LogP contribution >= 0.6 is 8.85 Å². The van der Waals surface area contributed by atoms with Crippen LogP contribution in [0.3, 0.4) is 0 Å². The first-order valence-electron chi connectivity index (χ1n) is 0.610. The van der Waals surface area contributed by atoms with Crippen molar-refractivity contribution in [1.82, 2.24) is 0 Å². The maximum atomic E-state index is 7.60. The van der Waals surface area contributed by atoms with E-state index in [2.05, 4.69) is 0 Å². The second-order valence-corrected chi connectivity index (χ2v) is 2.11. The van der Waals surface area contributed by atoms with Crippen LogP contribution in [0.2, 0.25) is 0 Å². The minimum absolute atomic E-state index is 1.21. The Morgan fingerprint density at radius 2 is 2.25 bits per heavy atom. The Morgan fingerprint density at radius 1 is 2.00 bits per heavy atom. The standard InChI is InChI=1S/CHNS.Sb/c2-1-3;/h3H;/q;+1/p-1. The zero-order chi connectivity index (χ0) is 3.41. The normalized spacial score (nSPS) is 5.00. The zero-order valence-corrected chi connectivity index (χ0v) is 5.17. The molecule has 0 aromatic heterocycles. The van der Waals surface area contributed by atoms with Gasteiger partial charge in [-0.15, -0.1) is 0 Å². The second kappa shape index (κ2) is 3.66. The summed E-state index contributed by atoms with van der Waals surface area (Å²) in [5.41, 5.74) is 0. The third-order valence-corrected chi connectivity index (χ3v) is 0.822. The van der Waals surface area contributed by atoms with E-state index in [1.807, 2.05) is 5.40 Å². The van der Waals surface area contributed by atoms with E-state index in [0.29, 0.717) is 0 Å². The molecule has 0 fully saturated rings. The molecule has 20 valence electrons. The van der Waals surface area contributed by atoms with Crippen molar-refractivity contribution in [2.75, 3.05) is 0 Å². The van der Waals surface area contributed by atoms with Crippen LogP contribution < -0.4 is 0 Å². The van der Waals surface area contributed by atoms with Gasteiger partial charge < -0.3 is 0 Å². The van der Waals surface area contributed by atoms with Gasteiger partial charge in [-0.1, -0.05) is 0 Å². The van der Waals surface area contributed by atoms with Gasteiger partial charge >= 0.3 is 41.1 Å². The number of nitriles is 1. The van der Waals surface area contributed by atoms with Gasteiger partial charge in [0.2, 0.25) is 0 Å². The molecule has 0 unspecified atom stereocenters. The van der Waals surface area contributed by atoms with Crippen LogP contribution in [0.25, 0.3) is 0 Å². The molecule has 0 aliphatic rings. The first-order valence-corrected chi connectivity index (χ1v) is 4.51. The van der Waals surface area contributed by atoms with Crippen molar-refractivity contribution in [3.63, 3.8) is 0 Å². The Morgan fingerprint density at radius 3 is 2.25 bits per heavy atom. The summed E-state index contributed by atoms with van der Waals surface area (Å²) >= 11 is 1.45. The molecule has 0 saturated heterocycles. The van der Waals surface area contributed by atoms with Crippen molar-refractivity contribution in [3.05, 3.63) is 0 Å². The quantitative estimate of drug-likeness (QED) is 0.394. The Labute approximate surface area is 41.3 Å². The van der Waals surface area contributed by atoms with Gasteiger partial charge in [0.15, 0.2) is 0 Å². The Hall–Kier alpha value is 0.658. The van der Waals surface area contributed by atoms with E-state index in [1.165, 1.54) is 30.5 Å². The Balaban J connectivity index is 2.43. The van der Waals surface area contributed by atoms with Crippen LogP contribution in [0.4, 0.5) is 0 Å². The summed E-state index contributed by atoms with van der Waals surface area (Å²) in [4.78, 5) is 0. The molecular weight excluding hydrogens is 180 g/mol. The average molecular weight is 180 g/mol. The summed E-state index contributed by atoms with van der Waals surface area (Å²) in [7, 11) is 1.21. The molecular formula is CNSSb. The number of hydrogen-bond acceptors (Lipinski definition) is 2. The number of rotatable bonds is 0. The monoisotopic (exact) mass is 179 g/mol. The third-order valence-electron chi connectivity index (χ3n) is 0.0408. The number of nitrogens with zero attached hydrogens (tertiary/aromatic N) is 1. The van der Waals surface area contributed by atoms with Crippen molar-refractivity contribution in [1.29, 1.82) is 5.26 Å². The van der Waals surface area contributed by atoms with Crippen LogP contribution in [-0.2, 0) is 0 Å². The Kier molecular flexibility index (Phi) is 4.26. The molecule has 0 bridgehead atoms. The molecule has 0 amide bonds. The first kappa shape index (κ1) is 4.66. The van der Waals surface area contributed by atoms with Gasteiger partial charge in [0.1, 0.15) is 0 Å². The average Bonchev–Trinajstić information content (AvgIpc) is 1.37. The fraction of sp³-hybridized carbons (Fsp3) is 0. The molecule has 1 nitrogen and oxygen atoms in total. The molecule has 4 heavy (non-hydrogen) atoms. The van der Waals surface area contributed by atoms with Crippen molar-refractivity contribution in [2.24, 2.45) is 0 Å². The predicted octanol–water partition coefficient (Wildman–Crippen LogP) is 0.284. The van der Waals surface area contributed by atoms with Gasteiger partial charge in [0, 0.05) is 0 Å². The number of thiocyanates is 1. The van der Waals surface area contributed by atoms with E-state index in [0.717, 1.165) is 0 Å². The van der Waals surface area contributed by atoms with Crippen LogP contribution in [0.15, 0.2) is 0 Å². The van der Waals surface area contributed by atoms with Crippen LogP contribution in [0, 0.1) is 10.7 Å². The van der Waals surface area contributed by atoms with E-state index in [-0.39, 0.29) is 0 Å². The molecule has 0 saturated carbocycles. The molecule has 0 atom stereocenters. The van der Waals surface area contributed by atoms with Gasteiger partial charge in [0.25, 0.3) is 0 Å². The maximum absolute atomic E-state index is 7.60. The van der Waals surface area contributed by atoms with E-state index in [1.54, 1.807) is 0 Å². The molecule has 3 heteroatoms. The van der Waals surface area contributed by atoms with E-state index in [9.17, 15) is 0 Å². The van der Waals surface area contributed by atoms with Crippen LogP contribution in [0.5, 0.6) is 0 Å². The third kappa shape index (κ3) is 2.66. The fourth-order valence-corrected chi connectivity index (χ4v) is 0. The van der Waals surface area contributed by atoms with Crippen molar-refractivity contribution < 1.29 is 0 Å². The summed E-state index contributed by atoms with van der Waals surface area (Å²) in [6.07, 6.45) is 0. The van der Waals surface area contributed by atoms with Crippen LogP contribution in [-0.4, -0.2) is 21.6 Å². The topological polar surface area (TPSA) is 23.8 Å². The molecule has 0 heterocycles. The van der Waals surface area contributed by atoms with Crippen molar-refractivity contribution in [2.45, 2.75) is 0 Å². The van der Waals surface area contributed by atoms with Gasteiger partial charge in [-0.25, -0.2) is 0 Å². The van der Waals surface area contributed by atoms with E-state index in [4.69, 9.17) is 5.26 Å².